The minimum atomic E-state index is -4.53. The van der Waals surface area contributed by atoms with Gasteiger partial charge in [0.25, 0.3) is 0 Å². The molecule has 50 heavy (non-hydrogen) atoms. The number of esters is 1. The van der Waals surface area contributed by atoms with Crippen molar-refractivity contribution in [1.82, 2.24) is 34.8 Å². The molecule has 268 valence electrons. The van der Waals surface area contributed by atoms with Gasteiger partial charge in [0.05, 0.1) is 54.7 Å². The van der Waals surface area contributed by atoms with Gasteiger partial charge in [-0.15, -0.1) is 0 Å². The lowest BCUT2D eigenvalue weighted by atomic mass is 9.94. The van der Waals surface area contributed by atoms with Crippen LogP contribution in [0.1, 0.15) is 57.2 Å². The zero-order valence-electron chi connectivity index (χ0n) is 29.2. The van der Waals surface area contributed by atoms with Crippen LogP contribution in [0.3, 0.4) is 0 Å². The standard InChI is InChI=1S/C35H44F3N9O3/c1-6-50-29(48)9-10-46-11-13-47(14-12-46)28-19-39-26(18-40-28)32-43-31-27(45(4)20-34(2,3)21-49-5)16-25(42-33(31)44-32)23-15-24(35(36,37)38)30(41-17-23)22-7-8-22/h15-19,22H,6-14,20-21H2,1-5H3,(H,42,43,44). The number of anilines is 2. The number of fused-ring (bicyclic) bond motifs is 1. The monoisotopic (exact) mass is 695 g/mol. The van der Waals surface area contributed by atoms with Gasteiger partial charge in [-0.1, -0.05) is 13.8 Å². The number of carbonyl (C=O) groups is 1. The van der Waals surface area contributed by atoms with Crippen molar-refractivity contribution in [1.29, 1.82) is 0 Å². The van der Waals surface area contributed by atoms with Crippen LogP contribution in [0.15, 0.2) is 30.7 Å². The second-order valence-corrected chi connectivity index (χ2v) is 13.8. The Labute approximate surface area is 289 Å². The highest BCUT2D eigenvalue weighted by Gasteiger charge is 2.39. The van der Waals surface area contributed by atoms with Gasteiger partial charge in [0, 0.05) is 76.5 Å². The molecule has 1 saturated carbocycles. The summed E-state index contributed by atoms with van der Waals surface area (Å²) in [6.07, 6.45) is 2.10. The molecule has 0 aromatic carbocycles. The summed E-state index contributed by atoms with van der Waals surface area (Å²) in [6, 6.07) is 2.94. The molecule has 12 nitrogen and oxygen atoms in total. The Bertz CT molecular complexity index is 1800. The second-order valence-electron chi connectivity index (χ2n) is 13.8. The highest BCUT2D eigenvalue weighted by atomic mass is 19.4. The van der Waals surface area contributed by atoms with E-state index >= 15 is 0 Å². The number of nitrogens with one attached hydrogen (secondary N) is 1. The maximum atomic E-state index is 14.2. The second kappa shape index (κ2) is 14.5. The van der Waals surface area contributed by atoms with E-state index in [1.54, 1.807) is 32.5 Å². The summed E-state index contributed by atoms with van der Waals surface area (Å²) in [5.74, 6) is 0.835. The molecular weight excluding hydrogens is 651 g/mol. The maximum absolute atomic E-state index is 14.2. The number of hydrogen-bond acceptors (Lipinski definition) is 11. The number of pyridine rings is 2. The summed E-state index contributed by atoms with van der Waals surface area (Å²) in [5, 5.41) is 0. The molecule has 0 radical (unpaired) electrons. The lowest BCUT2D eigenvalue weighted by Gasteiger charge is -2.35. The van der Waals surface area contributed by atoms with Gasteiger partial charge in [-0.05, 0) is 31.9 Å². The van der Waals surface area contributed by atoms with Gasteiger partial charge in [0.15, 0.2) is 11.5 Å². The van der Waals surface area contributed by atoms with Gasteiger partial charge in [0.1, 0.15) is 17.0 Å². The highest BCUT2D eigenvalue weighted by molar-refractivity contribution is 5.91. The summed E-state index contributed by atoms with van der Waals surface area (Å²) in [4.78, 5) is 44.6. The molecule has 0 unspecified atom stereocenters. The van der Waals surface area contributed by atoms with Gasteiger partial charge in [0.2, 0.25) is 0 Å². The number of piperazine rings is 1. The van der Waals surface area contributed by atoms with Gasteiger partial charge in [-0.2, -0.15) is 13.2 Å². The number of hydrogen-bond donors (Lipinski definition) is 1. The van der Waals surface area contributed by atoms with Crippen molar-refractivity contribution in [3.63, 3.8) is 0 Å². The summed E-state index contributed by atoms with van der Waals surface area (Å²) in [7, 11) is 3.58. The van der Waals surface area contributed by atoms with Crippen molar-refractivity contribution >= 4 is 28.6 Å². The van der Waals surface area contributed by atoms with Crippen molar-refractivity contribution in [2.75, 3.05) is 76.4 Å². The van der Waals surface area contributed by atoms with Gasteiger partial charge < -0.3 is 24.3 Å². The zero-order chi connectivity index (χ0) is 35.6. The van der Waals surface area contributed by atoms with Gasteiger partial charge >= 0.3 is 12.1 Å². The fourth-order valence-electron chi connectivity index (χ4n) is 6.52. The maximum Gasteiger partial charge on any atom is 0.418 e. The minimum absolute atomic E-state index is 0.0981. The topological polar surface area (TPSA) is 125 Å². The zero-order valence-corrected chi connectivity index (χ0v) is 29.2. The normalized spacial score (nSPS) is 15.9. The molecule has 4 aromatic heterocycles. The van der Waals surface area contributed by atoms with Crippen molar-refractivity contribution in [2.45, 2.75) is 52.1 Å². The van der Waals surface area contributed by atoms with Crippen LogP contribution < -0.4 is 9.80 Å². The molecule has 1 aliphatic carbocycles. The number of H-pyrrole nitrogens is 1. The van der Waals surface area contributed by atoms with Crippen LogP contribution >= 0.6 is 0 Å². The number of aromatic nitrogens is 6. The third kappa shape index (κ3) is 8.15. The van der Waals surface area contributed by atoms with Crippen molar-refractivity contribution in [2.24, 2.45) is 5.41 Å². The third-order valence-electron chi connectivity index (χ3n) is 9.05. The van der Waals surface area contributed by atoms with Gasteiger partial charge in [-0.25, -0.2) is 19.9 Å². The molecule has 0 amide bonds. The van der Waals surface area contributed by atoms with Crippen LogP contribution in [0.25, 0.3) is 33.9 Å². The molecule has 1 N–H and O–H groups in total. The van der Waals surface area contributed by atoms with Crippen LogP contribution in [-0.4, -0.2) is 107 Å². The number of alkyl halides is 3. The number of imidazole rings is 1. The molecule has 1 aliphatic heterocycles. The molecule has 0 atom stereocenters. The summed E-state index contributed by atoms with van der Waals surface area (Å²) in [5.41, 5.74) is 1.95. The first-order valence-corrected chi connectivity index (χ1v) is 17.0. The Kier molecular flexibility index (Phi) is 10.3. The van der Waals surface area contributed by atoms with Crippen molar-refractivity contribution in [3.8, 4) is 22.8 Å². The van der Waals surface area contributed by atoms with E-state index in [2.05, 4.69) is 43.6 Å². The lowest BCUT2D eigenvalue weighted by Crippen LogP contribution is -2.47. The molecule has 4 aromatic rings. The number of rotatable bonds is 13. The Morgan fingerprint density at radius 2 is 1.78 bits per heavy atom. The molecule has 0 spiro atoms. The number of aromatic amines is 1. The molecule has 2 fully saturated rings. The SMILES string of the molecule is CCOC(=O)CCN1CCN(c2cnc(-c3nc4nc(-c5cnc(C6CC6)c(C(F)(F)F)c5)cc(N(C)CC(C)(C)COC)c4[nH]3)cn2)CC1. The molecule has 15 heteroatoms. The highest BCUT2D eigenvalue weighted by Crippen LogP contribution is 2.46. The fraction of sp³-hybridized carbons (Fsp3) is 0.543. The number of carbonyl (C=O) groups excluding carboxylic acids is 1. The Balaban J connectivity index is 1.28. The van der Waals surface area contributed by atoms with Crippen molar-refractivity contribution in [3.05, 3.63) is 42.0 Å². The fourth-order valence-corrected chi connectivity index (χ4v) is 6.52. The first-order chi connectivity index (χ1) is 23.8. The molecule has 6 rings (SSSR count). The number of ether oxygens (including phenoxy) is 2. The first kappa shape index (κ1) is 35.5. The van der Waals surface area contributed by atoms with E-state index in [9.17, 15) is 18.0 Å². The molecule has 5 heterocycles. The largest absolute Gasteiger partial charge is 0.466 e. The lowest BCUT2D eigenvalue weighted by molar-refractivity contribution is -0.143. The molecule has 1 saturated heterocycles. The number of methoxy groups -OCH3 is 1. The number of nitrogens with zero attached hydrogens (tertiary/aromatic N) is 8. The van der Waals surface area contributed by atoms with Crippen molar-refractivity contribution < 1.29 is 27.4 Å². The van der Waals surface area contributed by atoms with E-state index in [0.29, 0.717) is 73.9 Å². The summed E-state index contributed by atoms with van der Waals surface area (Å²) >= 11 is 0. The Morgan fingerprint density at radius 1 is 1.02 bits per heavy atom. The first-order valence-electron chi connectivity index (χ1n) is 17.0. The van der Waals surface area contributed by atoms with Crippen LogP contribution in [0.5, 0.6) is 0 Å². The summed E-state index contributed by atoms with van der Waals surface area (Å²) < 4.78 is 52.9. The van der Waals surface area contributed by atoms with E-state index in [4.69, 9.17) is 19.4 Å². The van der Waals surface area contributed by atoms with E-state index < -0.39 is 11.7 Å². The van der Waals surface area contributed by atoms with Crippen LogP contribution in [0.4, 0.5) is 24.7 Å². The van der Waals surface area contributed by atoms with E-state index in [1.807, 2.05) is 11.9 Å². The van der Waals surface area contributed by atoms with E-state index in [-0.39, 0.29) is 28.6 Å². The molecule has 2 aliphatic rings. The van der Waals surface area contributed by atoms with Gasteiger partial charge in [-0.3, -0.25) is 14.7 Å². The van der Waals surface area contributed by atoms with Crippen LogP contribution in [0, 0.1) is 5.41 Å². The Morgan fingerprint density at radius 3 is 2.42 bits per heavy atom. The third-order valence-corrected chi connectivity index (χ3v) is 9.05. The average Bonchev–Trinajstić information content (AvgIpc) is 3.84. The average molecular weight is 696 g/mol. The van der Waals surface area contributed by atoms with E-state index in [0.717, 1.165) is 43.8 Å². The molecule has 0 bridgehead atoms. The predicted molar refractivity (Wildman–Crippen MR) is 184 cm³/mol. The van der Waals surface area contributed by atoms with E-state index in [1.165, 1.54) is 6.20 Å². The smallest absolute Gasteiger partial charge is 0.418 e. The molecular formula is C35H44F3N9O3. The van der Waals surface area contributed by atoms with Crippen LogP contribution in [-0.2, 0) is 20.4 Å². The summed E-state index contributed by atoms with van der Waals surface area (Å²) in [6.45, 7) is 11.2. The predicted octanol–water partition coefficient (Wildman–Crippen LogP) is 5.56. The van der Waals surface area contributed by atoms with Crippen LogP contribution in [0.2, 0.25) is 0 Å². The Hall–Kier alpha value is -4.37. The number of halogens is 3. The quantitative estimate of drug-likeness (QED) is 0.177. The minimum Gasteiger partial charge on any atom is -0.466 e.